The van der Waals surface area contributed by atoms with E-state index in [2.05, 4.69) is 5.32 Å². The smallest absolute Gasteiger partial charge is 0.344 e. The Balaban J connectivity index is 1.65. The van der Waals surface area contributed by atoms with Gasteiger partial charge in [0.05, 0.1) is 5.02 Å². The highest BCUT2D eigenvalue weighted by molar-refractivity contribution is 6.32. The summed E-state index contributed by atoms with van der Waals surface area (Å²) in [5.74, 6) is 0.0702. The number of esters is 1. The predicted octanol–water partition coefficient (Wildman–Crippen LogP) is 2.18. The number of carbonyl (C=O) groups excluding carboxylic acids is 2. The highest BCUT2D eigenvalue weighted by Crippen LogP contribution is 2.32. The molecule has 2 rings (SSSR count). The molecule has 1 atom stereocenters. The minimum Gasteiger partial charge on any atom is -0.480 e. The first kappa shape index (κ1) is 15.6. The second-order valence-corrected chi connectivity index (χ2v) is 5.48. The van der Waals surface area contributed by atoms with Crippen molar-refractivity contribution in [3.05, 3.63) is 29.3 Å². The predicted molar refractivity (Wildman–Crippen MR) is 78.2 cm³/mol. The van der Waals surface area contributed by atoms with Crippen molar-refractivity contribution >= 4 is 23.5 Å². The van der Waals surface area contributed by atoms with Crippen LogP contribution in [0.1, 0.15) is 19.8 Å². The molecule has 1 saturated carbocycles. The number of hydrogen-bond donors (Lipinski definition) is 1. The van der Waals surface area contributed by atoms with Crippen LogP contribution in [0.2, 0.25) is 5.02 Å². The maximum absolute atomic E-state index is 11.6. The topological polar surface area (TPSA) is 64.6 Å². The first-order valence-electron chi connectivity index (χ1n) is 6.88. The lowest BCUT2D eigenvalue weighted by atomic mass is 10.2. The SMILES string of the molecule is C[C@H](NC(=O)COC(=O)COc1ccccc1Cl)C1CC1. The molecule has 0 aliphatic heterocycles. The van der Waals surface area contributed by atoms with Gasteiger partial charge >= 0.3 is 5.97 Å². The molecule has 1 amide bonds. The largest absolute Gasteiger partial charge is 0.480 e. The molecule has 1 aromatic rings. The summed E-state index contributed by atoms with van der Waals surface area (Å²) >= 11 is 5.89. The number of para-hydroxylation sites is 1. The van der Waals surface area contributed by atoms with E-state index in [1.165, 1.54) is 0 Å². The zero-order chi connectivity index (χ0) is 15.2. The molecular weight excluding hydrogens is 294 g/mol. The number of benzene rings is 1. The maximum Gasteiger partial charge on any atom is 0.344 e. The minimum atomic E-state index is -0.607. The van der Waals surface area contributed by atoms with Crippen molar-refractivity contribution < 1.29 is 19.1 Å². The average molecular weight is 312 g/mol. The molecule has 1 aliphatic carbocycles. The molecule has 0 spiro atoms. The molecule has 6 heteroatoms. The molecule has 1 aromatic carbocycles. The van der Waals surface area contributed by atoms with Crippen LogP contribution in [0.15, 0.2) is 24.3 Å². The second kappa shape index (κ2) is 7.31. The third-order valence-corrected chi connectivity index (χ3v) is 3.58. The lowest BCUT2D eigenvalue weighted by Crippen LogP contribution is -2.37. The molecule has 5 nitrogen and oxygen atoms in total. The van der Waals surface area contributed by atoms with Crippen LogP contribution in [0.4, 0.5) is 0 Å². The molecule has 0 unspecified atom stereocenters. The first-order chi connectivity index (χ1) is 10.1. The Kier molecular flexibility index (Phi) is 5.44. The molecule has 114 valence electrons. The normalized spacial score (nSPS) is 15.1. The van der Waals surface area contributed by atoms with Crippen LogP contribution in [0.25, 0.3) is 0 Å². The number of amides is 1. The van der Waals surface area contributed by atoms with E-state index >= 15 is 0 Å². The van der Waals surface area contributed by atoms with Gasteiger partial charge in [-0.1, -0.05) is 23.7 Å². The average Bonchev–Trinajstić information content (AvgIpc) is 3.29. The zero-order valence-electron chi connectivity index (χ0n) is 11.8. The summed E-state index contributed by atoms with van der Waals surface area (Å²) in [5.41, 5.74) is 0. The first-order valence-corrected chi connectivity index (χ1v) is 7.26. The van der Waals surface area contributed by atoms with Gasteiger partial charge in [0.1, 0.15) is 5.75 Å². The molecule has 0 radical (unpaired) electrons. The highest BCUT2D eigenvalue weighted by Gasteiger charge is 2.28. The van der Waals surface area contributed by atoms with E-state index in [0.29, 0.717) is 16.7 Å². The fourth-order valence-electron chi connectivity index (χ4n) is 1.90. The van der Waals surface area contributed by atoms with Gasteiger partial charge in [0.15, 0.2) is 13.2 Å². The number of ether oxygens (including phenoxy) is 2. The van der Waals surface area contributed by atoms with Crippen LogP contribution < -0.4 is 10.1 Å². The van der Waals surface area contributed by atoms with Crippen LogP contribution >= 0.6 is 11.6 Å². The minimum absolute atomic E-state index is 0.135. The number of halogens is 1. The number of rotatable bonds is 7. The zero-order valence-corrected chi connectivity index (χ0v) is 12.6. The number of hydrogen-bond acceptors (Lipinski definition) is 4. The molecule has 1 fully saturated rings. The summed E-state index contributed by atoms with van der Waals surface area (Å²) in [4.78, 5) is 23.1. The number of carbonyl (C=O) groups is 2. The van der Waals surface area contributed by atoms with Crippen molar-refractivity contribution in [2.24, 2.45) is 5.92 Å². The van der Waals surface area contributed by atoms with E-state index in [1.807, 2.05) is 6.92 Å². The Bertz CT molecular complexity index is 516. The van der Waals surface area contributed by atoms with Gasteiger partial charge in [-0.15, -0.1) is 0 Å². The number of nitrogens with one attached hydrogen (secondary N) is 1. The van der Waals surface area contributed by atoms with Crippen LogP contribution in [0, 0.1) is 5.92 Å². The van der Waals surface area contributed by atoms with E-state index in [4.69, 9.17) is 21.1 Å². The molecular formula is C15H18ClNO4. The fraction of sp³-hybridized carbons (Fsp3) is 0.467. The Morgan fingerprint density at radius 3 is 2.71 bits per heavy atom. The van der Waals surface area contributed by atoms with Crippen molar-refractivity contribution in [2.45, 2.75) is 25.8 Å². The van der Waals surface area contributed by atoms with Gasteiger partial charge in [-0.25, -0.2) is 4.79 Å². The summed E-state index contributed by atoms with van der Waals surface area (Å²) in [6, 6.07) is 6.96. The van der Waals surface area contributed by atoms with Crippen LogP contribution in [-0.2, 0) is 14.3 Å². The third kappa shape index (κ3) is 5.27. The fourth-order valence-corrected chi connectivity index (χ4v) is 2.09. The third-order valence-electron chi connectivity index (χ3n) is 3.26. The molecule has 0 aromatic heterocycles. The summed E-state index contributed by atoms with van der Waals surface area (Å²) in [5, 5.41) is 3.22. The van der Waals surface area contributed by atoms with Gasteiger partial charge in [-0.05, 0) is 37.8 Å². The molecule has 1 aliphatic rings. The Labute approximate surface area is 128 Å². The van der Waals surface area contributed by atoms with Crippen molar-refractivity contribution in [3.63, 3.8) is 0 Å². The van der Waals surface area contributed by atoms with E-state index in [9.17, 15) is 9.59 Å². The van der Waals surface area contributed by atoms with Crippen molar-refractivity contribution in [1.82, 2.24) is 5.32 Å². The van der Waals surface area contributed by atoms with Gasteiger partial charge in [-0.2, -0.15) is 0 Å². The van der Waals surface area contributed by atoms with Crippen LogP contribution in [0.3, 0.4) is 0 Å². The highest BCUT2D eigenvalue weighted by atomic mass is 35.5. The maximum atomic E-state index is 11.6. The van der Waals surface area contributed by atoms with E-state index in [1.54, 1.807) is 24.3 Å². The Morgan fingerprint density at radius 2 is 2.05 bits per heavy atom. The van der Waals surface area contributed by atoms with E-state index in [0.717, 1.165) is 12.8 Å². The summed E-state index contributed by atoms with van der Waals surface area (Å²) in [7, 11) is 0. The van der Waals surface area contributed by atoms with Crippen LogP contribution in [0.5, 0.6) is 5.75 Å². The van der Waals surface area contributed by atoms with E-state index < -0.39 is 5.97 Å². The lowest BCUT2D eigenvalue weighted by Gasteiger charge is -2.13. The molecule has 0 heterocycles. The monoisotopic (exact) mass is 311 g/mol. The van der Waals surface area contributed by atoms with Crippen LogP contribution in [-0.4, -0.2) is 31.1 Å². The van der Waals surface area contributed by atoms with Crippen molar-refractivity contribution in [2.75, 3.05) is 13.2 Å². The summed E-state index contributed by atoms with van der Waals surface area (Å²) in [6.07, 6.45) is 2.29. The van der Waals surface area contributed by atoms with Gasteiger partial charge in [-0.3, -0.25) is 4.79 Å². The second-order valence-electron chi connectivity index (χ2n) is 5.07. The molecule has 0 saturated heterocycles. The Hall–Kier alpha value is -1.75. The van der Waals surface area contributed by atoms with Gasteiger partial charge in [0, 0.05) is 6.04 Å². The van der Waals surface area contributed by atoms with Gasteiger partial charge in [0.25, 0.3) is 5.91 Å². The van der Waals surface area contributed by atoms with Crippen molar-refractivity contribution in [3.8, 4) is 5.75 Å². The quantitative estimate of drug-likeness (QED) is 0.784. The van der Waals surface area contributed by atoms with Gasteiger partial charge < -0.3 is 14.8 Å². The summed E-state index contributed by atoms with van der Waals surface area (Å²) in [6.45, 7) is 1.38. The molecule has 0 bridgehead atoms. The van der Waals surface area contributed by atoms with Crippen molar-refractivity contribution in [1.29, 1.82) is 0 Å². The Morgan fingerprint density at radius 1 is 1.33 bits per heavy atom. The van der Waals surface area contributed by atoms with Gasteiger partial charge in [0.2, 0.25) is 0 Å². The molecule has 21 heavy (non-hydrogen) atoms. The molecule has 1 N–H and O–H groups in total. The lowest BCUT2D eigenvalue weighted by molar-refractivity contribution is -0.150. The van der Waals surface area contributed by atoms with E-state index in [-0.39, 0.29) is 25.2 Å². The summed E-state index contributed by atoms with van der Waals surface area (Å²) < 4.78 is 10.1. The standard InChI is InChI=1S/C15H18ClNO4/c1-10(11-6-7-11)17-14(18)8-21-15(19)9-20-13-5-3-2-4-12(13)16/h2-5,10-11H,6-9H2,1H3,(H,17,18)/t10-/m0/s1.